The fraction of sp³-hybridized carbons (Fsp3) is 1.00. The first-order chi connectivity index (χ1) is 13.0. The Morgan fingerprint density at radius 3 is 1.56 bits per heavy atom. The monoisotopic (exact) mass is 388 g/mol. The van der Waals surface area contributed by atoms with E-state index in [9.17, 15) is 20.4 Å². The second-order valence-electron chi connectivity index (χ2n) is 8.36. The third-order valence-corrected chi connectivity index (χ3v) is 5.82. The number of hydrogen-bond acceptors (Lipinski definition) is 5. The fourth-order valence-electron chi connectivity index (χ4n) is 3.86. The van der Waals surface area contributed by atoms with Crippen LogP contribution in [0.1, 0.15) is 110 Å². The van der Waals surface area contributed by atoms with Gasteiger partial charge in [0, 0.05) is 6.42 Å². The molecule has 0 radical (unpaired) electrons. The van der Waals surface area contributed by atoms with E-state index in [0.29, 0.717) is 0 Å². The Hall–Kier alpha value is -0.200. The summed E-state index contributed by atoms with van der Waals surface area (Å²) in [5.74, 6) is -1.73. The quantitative estimate of drug-likeness (QED) is 0.300. The maximum Gasteiger partial charge on any atom is 0.194 e. The van der Waals surface area contributed by atoms with Crippen LogP contribution in [0, 0.1) is 0 Å². The molecule has 0 spiro atoms. The molecule has 0 aromatic rings. The minimum Gasteiger partial charge on any atom is -0.388 e. The van der Waals surface area contributed by atoms with Crippen LogP contribution in [0.2, 0.25) is 0 Å². The zero-order valence-electron chi connectivity index (χ0n) is 17.4. The Bertz CT molecular complexity index is 352. The van der Waals surface area contributed by atoms with Gasteiger partial charge in [0.2, 0.25) is 0 Å². The predicted molar refractivity (Wildman–Crippen MR) is 108 cm³/mol. The molecule has 0 aromatic heterocycles. The lowest BCUT2D eigenvalue weighted by molar-refractivity contribution is -0.323. The van der Waals surface area contributed by atoms with E-state index in [2.05, 4.69) is 6.92 Å². The van der Waals surface area contributed by atoms with Gasteiger partial charge in [0.15, 0.2) is 5.79 Å². The molecule has 1 heterocycles. The molecule has 1 aliphatic heterocycles. The first kappa shape index (κ1) is 24.8. The van der Waals surface area contributed by atoms with Crippen LogP contribution in [0.4, 0.5) is 0 Å². The van der Waals surface area contributed by atoms with Gasteiger partial charge in [0.05, 0.1) is 6.61 Å². The smallest absolute Gasteiger partial charge is 0.194 e. The number of rotatable bonds is 16. The lowest BCUT2D eigenvalue weighted by atomic mass is 9.92. The van der Waals surface area contributed by atoms with Crippen LogP contribution in [0.5, 0.6) is 0 Å². The number of aliphatic hydroxyl groups excluding tert-OH is 3. The van der Waals surface area contributed by atoms with Crippen LogP contribution in [0.3, 0.4) is 0 Å². The van der Waals surface area contributed by atoms with Crippen LogP contribution in [0.25, 0.3) is 0 Å². The van der Waals surface area contributed by atoms with Gasteiger partial charge in [0.25, 0.3) is 0 Å². The van der Waals surface area contributed by atoms with E-state index in [0.717, 1.165) is 19.3 Å². The Labute approximate surface area is 166 Å². The Balaban J connectivity index is 1.88. The molecule has 5 nitrogen and oxygen atoms in total. The van der Waals surface area contributed by atoms with Gasteiger partial charge in [-0.1, -0.05) is 96.8 Å². The molecule has 0 saturated carbocycles. The first-order valence-corrected chi connectivity index (χ1v) is 11.4. The Morgan fingerprint density at radius 1 is 0.704 bits per heavy atom. The predicted octanol–water partition coefficient (Wildman–Crippen LogP) is 4.05. The highest BCUT2D eigenvalue weighted by Gasteiger charge is 2.47. The average molecular weight is 389 g/mol. The molecular formula is C22H44O5. The summed E-state index contributed by atoms with van der Waals surface area (Å²) in [6.07, 6.45) is 15.4. The molecule has 0 unspecified atom stereocenters. The van der Waals surface area contributed by atoms with Crippen molar-refractivity contribution in [2.24, 2.45) is 0 Å². The molecule has 0 aromatic carbocycles. The Morgan fingerprint density at radius 2 is 1.11 bits per heavy atom. The van der Waals surface area contributed by atoms with Crippen molar-refractivity contribution in [1.82, 2.24) is 0 Å². The van der Waals surface area contributed by atoms with Crippen molar-refractivity contribution in [2.75, 3.05) is 6.61 Å². The van der Waals surface area contributed by atoms with Crippen LogP contribution in [-0.4, -0.2) is 51.1 Å². The van der Waals surface area contributed by atoms with Crippen molar-refractivity contribution in [2.45, 2.75) is 134 Å². The molecule has 1 saturated heterocycles. The van der Waals surface area contributed by atoms with Gasteiger partial charge in [-0.2, -0.15) is 0 Å². The molecule has 4 N–H and O–H groups in total. The molecule has 162 valence electrons. The normalized spacial score (nSPS) is 28.6. The van der Waals surface area contributed by atoms with Crippen molar-refractivity contribution < 1.29 is 25.2 Å². The molecule has 4 atom stereocenters. The van der Waals surface area contributed by atoms with Crippen LogP contribution < -0.4 is 0 Å². The highest BCUT2D eigenvalue weighted by atomic mass is 16.6. The van der Waals surface area contributed by atoms with E-state index in [1.165, 1.54) is 77.0 Å². The summed E-state index contributed by atoms with van der Waals surface area (Å²) in [5, 5.41) is 39.3. The SMILES string of the molecule is CCCCCCCCCCCCCCCCC[C@@]1(O)OC[C@@H](O)[C@H](O)[C@H]1O. The van der Waals surface area contributed by atoms with E-state index in [1.54, 1.807) is 0 Å². The van der Waals surface area contributed by atoms with E-state index < -0.39 is 24.1 Å². The van der Waals surface area contributed by atoms with Crippen molar-refractivity contribution in [3.63, 3.8) is 0 Å². The molecule has 1 aliphatic rings. The van der Waals surface area contributed by atoms with Crippen LogP contribution >= 0.6 is 0 Å². The highest BCUT2D eigenvalue weighted by Crippen LogP contribution is 2.29. The van der Waals surface area contributed by atoms with E-state index >= 15 is 0 Å². The number of unbranched alkanes of at least 4 members (excludes halogenated alkanes) is 14. The zero-order chi connectivity index (χ0) is 20.0. The number of ether oxygens (including phenoxy) is 1. The lowest BCUT2D eigenvalue weighted by Gasteiger charge is -2.41. The molecular weight excluding hydrogens is 344 g/mol. The minimum absolute atomic E-state index is 0.145. The maximum absolute atomic E-state index is 10.3. The molecule has 5 heteroatoms. The third kappa shape index (κ3) is 10.2. The summed E-state index contributed by atoms with van der Waals surface area (Å²) in [7, 11) is 0. The van der Waals surface area contributed by atoms with E-state index in [-0.39, 0.29) is 13.0 Å². The average Bonchev–Trinajstić information content (AvgIpc) is 2.66. The molecule has 1 fully saturated rings. The van der Waals surface area contributed by atoms with Gasteiger partial charge in [-0.3, -0.25) is 0 Å². The zero-order valence-corrected chi connectivity index (χ0v) is 17.4. The minimum atomic E-state index is -1.73. The number of hydrogen-bond donors (Lipinski definition) is 4. The summed E-state index contributed by atoms with van der Waals surface area (Å²) in [5.41, 5.74) is 0. The van der Waals surface area contributed by atoms with Gasteiger partial charge >= 0.3 is 0 Å². The van der Waals surface area contributed by atoms with Crippen molar-refractivity contribution >= 4 is 0 Å². The van der Waals surface area contributed by atoms with Gasteiger partial charge in [-0.25, -0.2) is 0 Å². The fourth-order valence-corrected chi connectivity index (χ4v) is 3.86. The molecule has 1 rings (SSSR count). The maximum atomic E-state index is 10.3. The largest absolute Gasteiger partial charge is 0.388 e. The van der Waals surface area contributed by atoms with Gasteiger partial charge in [-0.05, 0) is 6.42 Å². The standard InChI is InChI=1S/C22H44O5/c1-2-3-4-5-6-7-8-9-10-11-12-13-14-15-16-17-22(26)21(25)20(24)19(23)18-27-22/h19-21,23-26H,2-18H2,1H3/t19-,20+,21-,22-/m1/s1. The lowest BCUT2D eigenvalue weighted by Crippen LogP contribution is -2.60. The Kier molecular flexibility index (Phi) is 13.6. The van der Waals surface area contributed by atoms with Gasteiger partial charge in [0.1, 0.15) is 18.3 Å². The van der Waals surface area contributed by atoms with Gasteiger partial charge < -0.3 is 25.2 Å². The summed E-state index contributed by atoms with van der Waals surface area (Å²) in [6.45, 7) is 2.11. The van der Waals surface area contributed by atoms with Crippen LogP contribution in [-0.2, 0) is 4.74 Å². The van der Waals surface area contributed by atoms with Crippen molar-refractivity contribution in [1.29, 1.82) is 0 Å². The van der Waals surface area contributed by atoms with E-state index in [4.69, 9.17) is 4.74 Å². The summed E-state index contributed by atoms with van der Waals surface area (Å²) < 4.78 is 5.18. The second kappa shape index (κ2) is 14.7. The summed E-state index contributed by atoms with van der Waals surface area (Å²) in [6, 6.07) is 0. The molecule has 27 heavy (non-hydrogen) atoms. The van der Waals surface area contributed by atoms with E-state index in [1.807, 2.05) is 0 Å². The van der Waals surface area contributed by atoms with Crippen molar-refractivity contribution in [3.05, 3.63) is 0 Å². The topological polar surface area (TPSA) is 90.2 Å². The number of aliphatic hydroxyl groups is 4. The summed E-state index contributed by atoms with van der Waals surface area (Å²) in [4.78, 5) is 0. The third-order valence-electron chi connectivity index (χ3n) is 5.82. The van der Waals surface area contributed by atoms with Crippen molar-refractivity contribution in [3.8, 4) is 0 Å². The molecule has 0 amide bonds. The first-order valence-electron chi connectivity index (χ1n) is 11.4. The molecule has 0 bridgehead atoms. The van der Waals surface area contributed by atoms with Gasteiger partial charge in [-0.15, -0.1) is 0 Å². The summed E-state index contributed by atoms with van der Waals surface area (Å²) >= 11 is 0. The molecule has 0 aliphatic carbocycles. The highest BCUT2D eigenvalue weighted by molar-refractivity contribution is 4.91. The van der Waals surface area contributed by atoms with Crippen LogP contribution in [0.15, 0.2) is 0 Å². The second-order valence-corrected chi connectivity index (χ2v) is 8.36.